The van der Waals surface area contributed by atoms with Crippen molar-refractivity contribution in [2.24, 2.45) is 0 Å². The highest BCUT2D eigenvalue weighted by Crippen LogP contribution is 2.29. The molecule has 5 heterocycles. The molecule has 4 aromatic rings. The van der Waals surface area contributed by atoms with Crippen molar-refractivity contribution in [3.8, 4) is 11.4 Å². The number of likely N-dealkylation sites (tertiary alicyclic amines) is 1. The minimum atomic E-state index is -0.0547. The smallest absolute Gasteiger partial charge is 0.258 e. The Hall–Kier alpha value is -2.99. The Labute approximate surface area is 182 Å². The molecule has 0 radical (unpaired) electrons. The molecule has 6 nitrogen and oxygen atoms in total. The molecule has 1 saturated heterocycles. The summed E-state index contributed by atoms with van der Waals surface area (Å²) >= 11 is 0. The predicted molar refractivity (Wildman–Crippen MR) is 124 cm³/mol. The zero-order chi connectivity index (χ0) is 21.7. The lowest BCUT2D eigenvalue weighted by Crippen LogP contribution is -2.32. The molecule has 0 unspecified atom stereocenters. The molecular weight excluding hydrogens is 386 g/mol. The summed E-state index contributed by atoms with van der Waals surface area (Å²) in [6.45, 7) is 11.8. The molecule has 0 N–H and O–H groups in total. The van der Waals surface area contributed by atoms with E-state index in [1.54, 1.807) is 10.5 Å². The van der Waals surface area contributed by atoms with Crippen LogP contribution in [0.2, 0.25) is 0 Å². The number of rotatable bonds is 3. The summed E-state index contributed by atoms with van der Waals surface area (Å²) in [6.07, 6.45) is 6.28. The van der Waals surface area contributed by atoms with Crippen LogP contribution in [0, 0.1) is 20.8 Å². The fourth-order valence-corrected chi connectivity index (χ4v) is 4.89. The topological polar surface area (TPSA) is 54.9 Å². The minimum Gasteiger partial charge on any atom is -0.304 e. The van der Waals surface area contributed by atoms with Gasteiger partial charge in [0, 0.05) is 18.5 Å². The third-order valence-electron chi connectivity index (χ3n) is 6.64. The first kappa shape index (κ1) is 19.9. The van der Waals surface area contributed by atoms with Gasteiger partial charge in [-0.05, 0) is 87.5 Å². The van der Waals surface area contributed by atoms with E-state index in [1.807, 2.05) is 29.9 Å². The minimum absolute atomic E-state index is 0.0547. The largest absolute Gasteiger partial charge is 0.304 e. The van der Waals surface area contributed by atoms with E-state index in [4.69, 9.17) is 4.98 Å². The third-order valence-corrected chi connectivity index (χ3v) is 6.64. The highest BCUT2D eigenvalue weighted by molar-refractivity contribution is 5.67. The van der Waals surface area contributed by atoms with Crippen LogP contribution in [0.1, 0.15) is 47.9 Å². The first-order valence-electron chi connectivity index (χ1n) is 11.2. The van der Waals surface area contributed by atoms with Crippen molar-refractivity contribution in [2.45, 2.75) is 46.5 Å². The van der Waals surface area contributed by atoms with Gasteiger partial charge >= 0.3 is 0 Å². The Balaban J connectivity index is 1.56. The van der Waals surface area contributed by atoms with Gasteiger partial charge in [0.2, 0.25) is 0 Å². The standard InChI is InChI=1S/C25H29N5O/c1-5-28-8-6-19(7-9-28)20-11-18(4)25-26-21(13-24(31)29(25)15-20)22-12-23-17(3)10-16(2)14-30(23)27-22/h10-15,19H,5-9H2,1-4H3. The molecule has 0 spiro atoms. The summed E-state index contributed by atoms with van der Waals surface area (Å²) in [6, 6.07) is 7.98. The number of piperidine rings is 1. The molecule has 0 aromatic carbocycles. The summed E-state index contributed by atoms with van der Waals surface area (Å²) in [5.41, 5.74) is 7.63. The Morgan fingerprint density at radius 2 is 1.74 bits per heavy atom. The van der Waals surface area contributed by atoms with Gasteiger partial charge in [-0.15, -0.1) is 0 Å². The van der Waals surface area contributed by atoms with Gasteiger partial charge in [0.25, 0.3) is 5.56 Å². The monoisotopic (exact) mass is 415 g/mol. The SMILES string of the molecule is CCN1CCC(c2cc(C)c3nc(-c4cc5c(C)cc(C)cn5n4)cc(=O)n3c2)CC1. The van der Waals surface area contributed by atoms with E-state index in [1.165, 1.54) is 5.56 Å². The van der Waals surface area contributed by atoms with E-state index < -0.39 is 0 Å². The van der Waals surface area contributed by atoms with E-state index in [-0.39, 0.29) is 5.56 Å². The van der Waals surface area contributed by atoms with Crippen molar-refractivity contribution in [3.63, 3.8) is 0 Å². The van der Waals surface area contributed by atoms with Gasteiger partial charge in [-0.2, -0.15) is 5.10 Å². The first-order chi connectivity index (χ1) is 14.9. The maximum absolute atomic E-state index is 13.1. The van der Waals surface area contributed by atoms with Gasteiger partial charge < -0.3 is 4.90 Å². The summed E-state index contributed by atoms with van der Waals surface area (Å²) in [5, 5.41) is 4.69. The van der Waals surface area contributed by atoms with Crippen LogP contribution in [0.25, 0.3) is 22.6 Å². The van der Waals surface area contributed by atoms with Crippen LogP contribution in [0.4, 0.5) is 0 Å². The average molecular weight is 416 g/mol. The lowest BCUT2D eigenvalue weighted by atomic mass is 9.90. The van der Waals surface area contributed by atoms with Crippen LogP contribution >= 0.6 is 0 Å². The fourth-order valence-electron chi connectivity index (χ4n) is 4.89. The Kier molecular flexibility index (Phi) is 4.89. The molecule has 1 aliphatic heterocycles. The van der Waals surface area contributed by atoms with Gasteiger partial charge in [-0.25, -0.2) is 9.50 Å². The van der Waals surface area contributed by atoms with E-state index in [0.717, 1.165) is 60.4 Å². The number of aryl methyl sites for hydroxylation is 3. The fraction of sp³-hybridized carbons (Fsp3) is 0.400. The van der Waals surface area contributed by atoms with E-state index in [9.17, 15) is 4.79 Å². The summed E-state index contributed by atoms with van der Waals surface area (Å²) in [7, 11) is 0. The number of hydrogen-bond acceptors (Lipinski definition) is 4. The Bertz CT molecular complexity index is 1340. The third kappa shape index (κ3) is 3.55. The quantitative estimate of drug-likeness (QED) is 0.505. The van der Waals surface area contributed by atoms with Gasteiger partial charge in [-0.1, -0.05) is 19.1 Å². The molecule has 0 atom stereocenters. The molecule has 160 valence electrons. The maximum atomic E-state index is 13.1. The van der Waals surface area contributed by atoms with Crippen LogP contribution in [0.5, 0.6) is 0 Å². The molecule has 6 heteroatoms. The number of aromatic nitrogens is 4. The lowest BCUT2D eigenvalue weighted by Gasteiger charge is -2.31. The summed E-state index contributed by atoms with van der Waals surface area (Å²) in [5.74, 6) is 0.502. The van der Waals surface area contributed by atoms with Gasteiger partial charge in [-0.3, -0.25) is 9.20 Å². The van der Waals surface area contributed by atoms with Gasteiger partial charge in [0.1, 0.15) is 11.3 Å². The van der Waals surface area contributed by atoms with Crippen LogP contribution in [-0.2, 0) is 0 Å². The zero-order valence-electron chi connectivity index (χ0n) is 18.7. The highest BCUT2D eigenvalue weighted by Gasteiger charge is 2.21. The molecule has 0 bridgehead atoms. The van der Waals surface area contributed by atoms with Gasteiger partial charge in [0.15, 0.2) is 0 Å². The van der Waals surface area contributed by atoms with Crippen LogP contribution in [-0.4, -0.2) is 43.5 Å². The number of pyridine rings is 2. The predicted octanol–water partition coefficient (Wildman–Crippen LogP) is 4.13. The zero-order valence-corrected chi connectivity index (χ0v) is 18.7. The second kappa shape index (κ2) is 7.61. The van der Waals surface area contributed by atoms with E-state index in [0.29, 0.717) is 17.3 Å². The van der Waals surface area contributed by atoms with Crippen molar-refractivity contribution >= 4 is 11.2 Å². The van der Waals surface area contributed by atoms with E-state index in [2.05, 4.69) is 42.9 Å². The van der Waals surface area contributed by atoms with Crippen LogP contribution < -0.4 is 5.56 Å². The molecule has 1 fully saturated rings. The summed E-state index contributed by atoms with van der Waals surface area (Å²) in [4.78, 5) is 20.4. The van der Waals surface area contributed by atoms with Crippen LogP contribution in [0.15, 0.2) is 41.5 Å². The molecule has 31 heavy (non-hydrogen) atoms. The first-order valence-corrected chi connectivity index (χ1v) is 11.2. The highest BCUT2D eigenvalue weighted by atomic mass is 16.1. The molecule has 0 amide bonds. The summed E-state index contributed by atoms with van der Waals surface area (Å²) < 4.78 is 3.59. The van der Waals surface area contributed by atoms with Crippen molar-refractivity contribution in [1.29, 1.82) is 0 Å². The number of nitrogens with zero attached hydrogens (tertiary/aromatic N) is 5. The molecule has 0 saturated carbocycles. The van der Waals surface area contributed by atoms with Gasteiger partial charge in [0.05, 0.1) is 11.2 Å². The molecule has 1 aliphatic rings. The van der Waals surface area contributed by atoms with Crippen molar-refractivity contribution in [3.05, 3.63) is 69.3 Å². The molecule has 4 aromatic heterocycles. The van der Waals surface area contributed by atoms with Crippen molar-refractivity contribution in [1.82, 2.24) is 23.9 Å². The Morgan fingerprint density at radius 1 is 0.968 bits per heavy atom. The molecule has 0 aliphatic carbocycles. The maximum Gasteiger partial charge on any atom is 0.258 e. The Morgan fingerprint density at radius 3 is 2.48 bits per heavy atom. The van der Waals surface area contributed by atoms with Crippen molar-refractivity contribution in [2.75, 3.05) is 19.6 Å². The van der Waals surface area contributed by atoms with E-state index >= 15 is 0 Å². The number of fused-ring (bicyclic) bond motifs is 2. The van der Waals surface area contributed by atoms with Crippen molar-refractivity contribution < 1.29 is 0 Å². The second-order valence-corrected chi connectivity index (χ2v) is 8.90. The average Bonchev–Trinajstić information content (AvgIpc) is 3.18. The number of hydrogen-bond donors (Lipinski definition) is 0. The van der Waals surface area contributed by atoms with Crippen LogP contribution in [0.3, 0.4) is 0 Å². The normalized spacial score (nSPS) is 15.9. The molecule has 5 rings (SSSR count). The lowest BCUT2D eigenvalue weighted by molar-refractivity contribution is 0.222. The molecular formula is C25H29N5O. The second-order valence-electron chi connectivity index (χ2n) is 8.90.